The Hall–Kier alpha value is -3.99. The number of Topliss-reactive ketones (excluding diaryl/α,β-unsaturated/α-hetero) is 1. The van der Waals surface area contributed by atoms with Gasteiger partial charge in [-0.2, -0.15) is 4.98 Å². The molecule has 1 aliphatic rings. The number of amides is 1. The minimum Gasteiger partial charge on any atom is -0.370 e. The summed E-state index contributed by atoms with van der Waals surface area (Å²) in [5.41, 5.74) is 3.23. The maximum Gasteiger partial charge on any atom is 0.294 e. The third kappa shape index (κ3) is 6.95. The van der Waals surface area contributed by atoms with Crippen LogP contribution in [0.4, 0.5) is 28.8 Å². The van der Waals surface area contributed by atoms with Gasteiger partial charge in [0.15, 0.2) is 5.82 Å². The lowest BCUT2D eigenvalue weighted by atomic mass is 9.88. The number of halogens is 1. The average Bonchev–Trinajstić information content (AvgIpc) is 2.95. The third-order valence-corrected chi connectivity index (χ3v) is 7.04. The summed E-state index contributed by atoms with van der Waals surface area (Å²) in [6, 6.07) is 12.6. The molecule has 1 saturated heterocycles. The summed E-state index contributed by atoms with van der Waals surface area (Å²) in [6.07, 6.45) is 4.05. The Morgan fingerprint density at radius 1 is 1.15 bits per heavy atom. The highest BCUT2D eigenvalue weighted by molar-refractivity contribution is 6.43. The van der Waals surface area contributed by atoms with Crippen LogP contribution in [-0.2, 0) is 4.79 Å². The molecule has 4 rings (SSSR count). The maximum absolute atomic E-state index is 12.7. The molecule has 0 spiro atoms. The van der Waals surface area contributed by atoms with Gasteiger partial charge in [0.25, 0.3) is 11.7 Å². The van der Waals surface area contributed by atoms with Gasteiger partial charge >= 0.3 is 0 Å². The Bertz CT molecular complexity index is 1390. The number of likely N-dealkylation sites (tertiary alicyclic amines) is 1. The number of aromatic nitrogens is 2. The van der Waals surface area contributed by atoms with Crippen molar-refractivity contribution in [3.05, 3.63) is 77.5 Å². The molecule has 1 atom stereocenters. The second-order valence-corrected chi connectivity index (χ2v) is 10.3. The summed E-state index contributed by atoms with van der Waals surface area (Å²) in [5.74, 6) is -0.389. The molecule has 40 heavy (non-hydrogen) atoms. The normalized spacial score (nSPS) is 14.7. The summed E-state index contributed by atoms with van der Waals surface area (Å²) in [4.78, 5) is 37.4. The van der Waals surface area contributed by atoms with E-state index >= 15 is 0 Å². The first kappa shape index (κ1) is 29.0. The molecule has 4 N–H and O–H groups in total. The van der Waals surface area contributed by atoms with Crippen molar-refractivity contribution in [1.29, 1.82) is 0 Å². The zero-order valence-corrected chi connectivity index (χ0v) is 23.6. The molecule has 1 unspecified atom stereocenters. The number of aliphatic hydroxyl groups is 1. The van der Waals surface area contributed by atoms with E-state index < -0.39 is 17.9 Å². The van der Waals surface area contributed by atoms with Crippen LogP contribution in [0.2, 0.25) is 5.02 Å². The standard InChI is InChI=1S/C29H34ClN7O3/c1-5-25(38)33-24-16-19(10-11-20(24)18-12-14-37(4)15-13-18)32-29-31-17-22(30)27(35-29)34-23-9-7-6-8-21(23)26(39)28(40)36(2)3/h5-11,16-18,25,33,38H,1,12-15H2,2-4H3,(H2,31,32,34,35). The van der Waals surface area contributed by atoms with E-state index in [4.69, 9.17) is 11.6 Å². The van der Waals surface area contributed by atoms with Gasteiger partial charge < -0.3 is 30.9 Å². The van der Waals surface area contributed by atoms with Gasteiger partial charge in [0.1, 0.15) is 11.3 Å². The van der Waals surface area contributed by atoms with Crippen molar-refractivity contribution in [2.24, 2.45) is 0 Å². The molecule has 10 nitrogen and oxygen atoms in total. The number of anilines is 5. The number of para-hydroxylation sites is 1. The molecule has 3 aromatic rings. The van der Waals surface area contributed by atoms with Gasteiger partial charge in [0, 0.05) is 25.5 Å². The smallest absolute Gasteiger partial charge is 0.294 e. The first-order valence-electron chi connectivity index (χ1n) is 13.0. The number of rotatable bonds is 10. The number of benzene rings is 2. The number of nitrogens with zero attached hydrogens (tertiary/aromatic N) is 4. The largest absolute Gasteiger partial charge is 0.370 e. The van der Waals surface area contributed by atoms with Crippen molar-refractivity contribution in [3.8, 4) is 0 Å². The zero-order valence-electron chi connectivity index (χ0n) is 22.8. The van der Waals surface area contributed by atoms with E-state index in [1.54, 1.807) is 24.3 Å². The fraction of sp³-hybridized carbons (Fsp3) is 0.310. The molecule has 2 aromatic carbocycles. The van der Waals surface area contributed by atoms with Crippen LogP contribution in [-0.4, -0.2) is 77.0 Å². The lowest BCUT2D eigenvalue weighted by molar-refractivity contribution is -0.124. The van der Waals surface area contributed by atoms with E-state index in [0.29, 0.717) is 17.3 Å². The fourth-order valence-corrected chi connectivity index (χ4v) is 4.67. The molecular formula is C29H34ClN7O3. The summed E-state index contributed by atoms with van der Waals surface area (Å²) >= 11 is 6.38. The molecule has 1 aliphatic heterocycles. The number of carbonyl (C=O) groups is 2. The van der Waals surface area contributed by atoms with Crippen molar-refractivity contribution in [2.75, 3.05) is 50.2 Å². The van der Waals surface area contributed by atoms with Gasteiger partial charge in [0.05, 0.1) is 17.4 Å². The molecule has 1 amide bonds. The predicted octanol–water partition coefficient (Wildman–Crippen LogP) is 4.61. The van der Waals surface area contributed by atoms with Crippen LogP contribution in [0.1, 0.15) is 34.7 Å². The Kier molecular flexibility index (Phi) is 9.36. The number of hydrogen-bond donors (Lipinski definition) is 4. The van der Waals surface area contributed by atoms with Crippen molar-refractivity contribution < 1.29 is 14.7 Å². The molecular weight excluding hydrogens is 530 g/mol. The van der Waals surface area contributed by atoms with Crippen LogP contribution in [0.15, 0.2) is 61.3 Å². The molecule has 1 aromatic heterocycles. The van der Waals surface area contributed by atoms with Crippen LogP contribution in [0.3, 0.4) is 0 Å². The van der Waals surface area contributed by atoms with Gasteiger partial charge in [-0.1, -0.05) is 36.4 Å². The summed E-state index contributed by atoms with van der Waals surface area (Å²) < 4.78 is 0. The highest BCUT2D eigenvalue weighted by Crippen LogP contribution is 2.35. The number of likely N-dealkylation sites (N-methyl/N-ethyl adjacent to an activating group) is 1. The number of piperidine rings is 1. The minimum absolute atomic E-state index is 0.200. The van der Waals surface area contributed by atoms with Gasteiger partial charge in [0.2, 0.25) is 5.95 Å². The fourth-order valence-electron chi connectivity index (χ4n) is 4.53. The summed E-state index contributed by atoms with van der Waals surface area (Å²) in [6.45, 7) is 5.70. The SMILES string of the molecule is C=CC(O)Nc1cc(Nc2ncc(Cl)c(Nc3ccccc3C(=O)C(=O)N(C)C)n2)ccc1C1CCN(C)CC1. The maximum atomic E-state index is 12.7. The topological polar surface area (TPSA) is 123 Å². The zero-order chi connectivity index (χ0) is 28.8. The van der Waals surface area contributed by atoms with E-state index in [0.717, 1.165) is 37.2 Å². The highest BCUT2D eigenvalue weighted by atomic mass is 35.5. The lowest BCUT2D eigenvalue weighted by Crippen LogP contribution is -2.30. The second kappa shape index (κ2) is 12.9. The van der Waals surface area contributed by atoms with Gasteiger partial charge in [-0.25, -0.2) is 4.98 Å². The van der Waals surface area contributed by atoms with Crippen molar-refractivity contribution in [3.63, 3.8) is 0 Å². The Labute approximate surface area is 239 Å². The van der Waals surface area contributed by atoms with Gasteiger partial charge in [-0.05, 0) is 74.8 Å². The summed E-state index contributed by atoms with van der Waals surface area (Å²) in [7, 11) is 5.17. The monoisotopic (exact) mass is 563 g/mol. The van der Waals surface area contributed by atoms with E-state index in [1.165, 1.54) is 31.3 Å². The predicted molar refractivity (Wildman–Crippen MR) is 159 cm³/mol. The number of nitrogens with one attached hydrogen (secondary N) is 3. The molecule has 0 bridgehead atoms. The third-order valence-electron chi connectivity index (χ3n) is 6.76. The molecule has 11 heteroatoms. The quantitative estimate of drug-likeness (QED) is 0.121. The minimum atomic E-state index is -0.898. The highest BCUT2D eigenvalue weighted by Gasteiger charge is 2.23. The number of aliphatic hydroxyl groups excluding tert-OH is 1. The lowest BCUT2D eigenvalue weighted by Gasteiger charge is -2.31. The molecule has 210 valence electrons. The van der Waals surface area contributed by atoms with Gasteiger partial charge in [-0.15, -0.1) is 0 Å². The van der Waals surface area contributed by atoms with Crippen molar-refractivity contribution in [2.45, 2.75) is 25.0 Å². The summed E-state index contributed by atoms with van der Waals surface area (Å²) in [5, 5.41) is 19.9. The molecule has 0 radical (unpaired) electrons. The Morgan fingerprint density at radius 3 is 2.58 bits per heavy atom. The van der Waals surface area contributed by atoms with E-state index in [-0.39, 0.29) is 22.4 Å². The molecule has 0 aliphatic carbocycles. The number of hydrogen-bond acceptors (Lipinski definition) is 9. The molecule has 0 saturated carbocycles. The Balaban J connectivity index is 1.59. The van der Waals surface area contributed by atoms with Crippen LogP contribution < -0.4 is 16.0 Å². The molecule has 2 heterocycles. The first-order chi connectivity index (χ1) is 19.2. The van der Waals surface area contributed by atoms with E-state index in [1.807, 2.05) is 12.1 Å². The number of ketones is 1. The number of carbonyl (C=O) groups excluding carboxylic acids is 2. The average molecular weight is 564 g/mol. The van der Waals surface area contributed by atoms with Crippen molar-refractivity contribution >= 4 is 52.1 Å². The van der Waals surface area contributed by atoms with Crippen molar-refractivity contribution in [1.82, 2.24) is 19.8 Å². The van der Waals surface area contributed by atoms with Gasteiger partial charge in [-0.3, -0.25) is 9.59 Å². The molecule has 1 fully saturated rings. The van der Waals surface area contributed by atoms with Crippen LogP contribution in [0, 0.1) is 0 Å². The van der Waals surface area contributed by atoms with Crippen LogP contribution in [0.5, 0.6) is 0 Å². The second-order valence-electron chi connectivity index (χ2n) is 9.92. The van der Waals surface area contributed by atoms with Crippen LogP contribution in [0.25, 0.3) is 0 Å². The van der Waals surface area contributed by atoms with E-state index in [9.17, 15) is 14.7 Å². The van der Waals surface area contributed by atoms with Crippen LogP contribution >= 0.6 is 11.6 Å². The van der Waals surface area contributed by atoms with E-state index in [2.05, 4.69) is 50.5 Å². The Morgan fingerprint density at radius 2 is 1.88 bits per heavy atom. The first-order valence-corrected chi connectivity index (χ1v) is 13.3.